The van der Waals surface area contributed by atoms with Crippen molar-refractivity contribution in [3.63, 3.8) is 0 Å². The van der Waals surface area contributed by atoms with E-state index in [1.807, 2.05) is 0 Å². The van der Waals surface area contributed by atoms with Crippen molar-refractivity contribution in [2.24, 2.45) is 5.92 Å². The first-order valence-electron chi connectivity index (χ1n) is 5.98. The zero-order chi connectivity index (χ0) is 12.3. The predicted molar refractivity (Wildman–Crippen MR) is 62.3 cm³/mol. The van der Waals surface area contributed by atoms with Gasteiger partial charge in [0.1, 0.15) is 11.6 Å². The van der Waals surface area contributed by atoms with E-state index in [-0.39, 0.29) is 29.7 Å². The normalized spacial score (nSPS) is 20.3. The van der Waals surface area contributed by atoms with E-state index < -0.39 is 0 Å². The van der Waals surface area contributed by atoms with Gasteiger partial charge in [0.05, 0.1) is 0 Å². The fourth-order valence-electron chi connectivity index (χ4n) is 2.25. The molecule has 0 saturated heterocycles. The Morgan fingerprint density at radius 3 is 2.59 bits per heavy atom. The van der Waals surface area contributed by atoms with Gasteiger partial charge in [-0.1, -0.05) is 6.42 Å². The van der Waals surface area contributed by atoms with Crippen LogP contribution in [0.4, 0.5) is 4.39 Å². The Labute approximate surface area is 99.8 Å². The lowest BCUT2D eigenvalue weighted by Crippen LogP contribution is -2.22. The fraction of sp³-hybridized carbons (Fsp3) is 0.429. The Bertz CT molecular complexity index is 422. The van der Waals surface area contributed by atoms with Gasteiger partial charge in [0.15, 0.2) is 5.78 Å². The van der Waals surface area contributed by atoms with Gasteiger partial charge in [-0.2, -0.15) is 0 Å². The molecule has 0 N–H and O–H groups in total. The van der Waals surface area contributed by atoms with Crippen molar-refractivity contribution in [2.45, 2.75) is 32.1 Å². The van der Waals surface area contributed by atoms with Crippen LogP contribution in [0.3, 0.4) is 0 Å². The lowest BCUT2D eigenvalue weighted by atomic mass is 9.83. The standard InChI is InChI=1S/C14H15FO2/c15-12-7-5-10(6-8-12)14(17)9-11-3-1-2-4-13(11)16/h5-8,11H,1-4,9H2/t11-/m1/s1. The van der Waals surface area contributed by atoms with Gasteiger partial charge in [-0.05, 0) is 37.1 Å². The van der Waals surface area contributed by atoms with Gasteiger partial charge in [-0.3, -0.25) is 9.59 Å². The number of hydrogen-bond acceptors (Lipinski definition) is 2. The van der Waals surface area contributed by atoms with Crippen molar-refractivity contribution >= 4 is 11.6 Å². The van der Waals surface area contributed by atoms with Gasteiger partial charge in [0.2, 0.25) is 0 Å². The highest BCUT2D eigenvalue weighted by Crippen LogP contribution is 2.24. The van der Waals surface area contributed by atoms with E-state index in [0.29, 0.717) is 12.0 Å². The van der Waals surface area contributed by atoms with Crippen LogP contribution in [0.15, 0.2) is 24.3 Å². The minimum atomic E-state index is -0.352. The molecule has 1 fully saturated rings. The number of ketones is 2. The summed E-state index contributed by atoms with van der Waals surface area (Å²) in [6, 6.07) is 5.50. The summed E-state index contributed by atoms with van der Waals surface area (Å²) in [4.78, 5) is 23.5. The van der Waals surface area contributed by atoms with Crippen molar-refractivity contribution < 1.29 is 14.0 Å². The van der Waals surface area contributed by atoms with Gasteiger partial charge >= 0.3 is 0 Å². The molecule has 0 unspecified atom stereocenters. The van der Waals surface area contributed by atoms with E-state index in [1.165, 1.54) is 24.3 Å². The second kappa shape index (κ2) is 5.21. The first-order valence-corrected chi connectivity index (χ1v) is 5.98. The van der Waals surface area contributed by atoms with Gasteiger partial charge in [0.25, 0.3) is 0 Å². The molecule has 1 aliphatic rings. The molecule has 1 atom stereocenters. The maximum atomic E-state index is 12.7. The first-order chi connectivity index (χ1) is 8.16. The van der Waals surface area contributed by atoms with E-state index in [9.17, 15) is 14.0 Å². The van der Waals surface area contributed by atoms with Crippen LogP contribution in [-0.2, 0) is 4.79 Å². The highest BCUT2D eigenvalue weighted by molar-refractivity contribution is 5.98. The third kappa shape index (κ3) is 2.99. The average Bonchev–Trinajstić information content (AvgIpc) is 2.33. The lowest BCUT2D eigenvalue weighted by molar-refractivity contribution is -0.124. The molecule has 0 amide bonds. The molecule has 1 saturated carbocycles. The minimum absolute atomic E-state index is 0.0646. The van der Waals surface area contributed by atoms with Gasteiger partial charge in [0, 0.05) is 24.3 Å². The molecule has 0 spiro atoms. The highest BCUT2D eigenvalue weighted by Gasteiger charge is 2.24. The van der Waals surface area contributed by atoms with Gasteiger partial charge in [-0.25, -0.2) is 4.39 Å². The number of Topliss-reactive ketones (excluding diaryl/α,β-unsaturated/α-hetero) is 2. The van der Waals surface area contributed by atoms with Crippen LogP contribution in [0.1, 0.15) is 42.5 Å². The van der Waals surface area contributed by atoms with Crippen LogP contribution in [0.5, 0.6) is 0 Å². The Hall–Kier alpha value is -1.51. The van der Waals surface area contributed by atoms with Crippen LogP contribution in [-0.4, -0.2) is 11.6 Å². The molecule has 0 bridgehead atoms. The maximum absolute atomic E-state index is 12.7. The lowest BCUT2D eigenvalue weighted by Gasteiger charge is -2.19. The molecule has 17 heavy (non-hydrogen) atoms. The van der Waals surface area contributed by atoms with Crippen molar-refractivity contribution in [3.8, 4) is 0 Å². The molecule has 0 aromatic heterocycles. The quantitative estimate of drug-likeness (QED) is 0.753. The summed E-state index contributed by atoms with van der Waals surface area (Å²) in [5.41, 5.74) is 0.491. The topological polar surface area (TPSA) is 34.1 Å². The van der Waals surface area contributed by atoms with Crippen molar-refractivity contribution in [1.82, 2.24) is 0 Å². The predicted octanol–water partition coefficient (Wildman–Crippen LogP) is 3.16. The number of benzene rings is 1. The van der Waals surface area contributed by atoms with Crippen molar-refractivity contribution in [3.05, 3.63) is 35.6 Å². The van der Waals surface area contributed by atoms with E-state index in [2.05, 4.69) is 0 Å². The SMILES string of the molecule is O=C(C[C@H]1CCCCC1=O)c1ccc(F)cc1. The summed E-state index contributed by atoms with van der Waals surface area (Å²) in [6.45, 7) is 0. The third-order valence-electron chi connectivity index (χ3n) is 3.28. The minimum Gasteiger partial charge on any atom is -0.299 e. The summed E-state index contributed by atoms with van der Waals surface area (Å²) in [5.74, 6) is -0.339. The molecule has 0 radical (unpaired) electrons. The third-order valence-corrected chi connectivity index (χ3v) is 3.28. The fourth-order valence-corrected chi connectivity index (χ4v) is 2.25. The number of carbonyl (C=O) groups is 2. The molecule has 2 rings (SSSR count). The van der Waals surface area contributed by atoms with Crippen molar-refractivity contribution in [2.75, 3.05) is 0 Å². The molecule has 2 nitrogen and oxygen atoms in total. The number of carbonyl (C=O) groups excluding carboxylic acids is 2. The molecular formula is C14H15FO2. The number of rotatable bonds is 3. The zero-order valence-corrected chi connectivity index (χ0v) is 9.62. The highest BCUT2D eigenvalue weighted by atomic mass is 19.1. The van der Waals surface area contributed by atoms with E-state index >= 15 is 0 Å². The summed E-state index contributed by atoms with van der Waals surface area (Å²) in [7, 11) is 0. The van der Waals surface area contributed by atoms with Crippen LogP contribution in [0.25, 0.3) is 0 Å². The van der Waals surface area contributed by atoms with Crippen LogP contribution in [0, 0.1) is 11.7 Å². The average molecular weight is 234 g/mol. The molecule has 1 aromatic carbocycles. The van der Waals surface area contributed by atoms with Crippen molar-refractivity contribution in [1.29, 1.82) is 0 Å². The molecule has 0 heterocycles. The number of halogens is 1. The van der Waals surface area contributed by atoms with Gasteiger partial charge in [-0.15, -0.1) is 0 Å². The molecule has 90 valence electrons. The Morgan fingerprint density at radius 2 is 1.94 bits per heavy atom. The Kier molecular flexibility index (Phi) is 3.67. The molecule has 1 aliphatic carbocycles. The van der Waals surface area contributed by atoms with E-state index in [1.54, 1.807) is 0 Å². The Morgan fingerprint density at radius 1 is 1.24 bits per heavy atom. The van der Waals surface area contributed by atoms with Crippen LogP contribution >= 0.6 is 0 Å². The molecule has 3 heteroatoms. The van der Waals surface area contributed by atoms with E-state index in [4.69, 9.17) is 0 Å². The largest absolute Gasteiger partial charge is 0.299 e. The monoisotopic (exact) mass is 234 g/mol. The zero-order valence-electron chi connectivity index (χ0n) is 9.62. The van der Waals surface area contributed by atoms with E-state index in [0.717, 1.165) is 19.3 Å². The smallest absolute Gasteiger partial charge is 0.163 e. The second-order valence-corrected chi connectivity index (χ2v) is 4.54. The second-order valence-electron chi connectivity index (χ2n) is 4.54. The number of hydrogen-bond donors (Lipinski definition) is 0. The summed E-state index contributed by atoms with van der Waals surface area (Å²) < 4.78 is 12.7. The van der Waals surface area contributed by atoms with Crippen LogP contribution < -0.4 is 0 Å². The first kappa shape index (κ1) is 12.0. The summed E-state index contributed by atoms with van der Waals surface area (Å²) in [6.07, 6.45) is 3.64. The Balaban J connectivity index is 2.01. The molecule has 1 aromatic rings. The molecular weight excluding hydrogens is 219 g/mol. The summed E-state index contributed by atoms with van der Waals surface area (Å²) in [5, 5.41) is 0. The summed E-state index contributed by atoms with van der Waals surface area (Å²) >= 11 is 0. The maximum Gasteiger partial charge on any atom is 0.163 e. The van der Waals surface area contributed by atoms with Crippen LogP contribution in [0.2, 0.25) is 0 Å². The van der Waals surface area contributed by atoms with Gasteiger partial charge < -0.3 is 0 Å². The molecule has 0 aliphatic heterocycles.